The van der Waals surface area contributed by atoms with Gasteiger partial charge in [0.15, 0.2) is 0 Å². The fourth-order valence-corrected chi connectivity index (χ4v) is 3.00. The summed E-state index contributed by atoms with van der Waals surface area (Å²) in [5.41, 5.74) is 1.10. The molecule has 0 unspecified atom stereocenters. The van der Waals surface area contributed by atoms with Gasteiger partial charge < -0.3 is 20.0 Å². The number of fused-ring (bicyclic) bond motifs is 3. The number of rotatable bonds is 2. The van der Waals surface area contributed by atoms with Crippen LogP contribution in [0.2, 0.25) is 0 Å². The molecule has 0 amide bonds. The average molecular weight is 298 g/mol. The van der Waals surface area contributed by atoms with E-state index in [1.807, 2.05) is 12.2 Å². The first-order chi connectivity index (χ1) is 9.85. The van der Waals surface area contributed by atoms with E-state index in [4.69, 9.17) is 0 Å². The molecule has 7 heteroatoms. The Balaban J connectivity index is 1.97. The Morgan fingerprint density at radius 3 is 2.81 bits per heavy atom. The number of hydrogen-bond acceptors (Lipinski definition) is 4. The molecule has 1 aliphatic carbocycles. The SMILES string of the molecule is O=C([O-])[C@H]1Nc2ccc(OC(F)(F)F)cc2[C@@H]2C=CC[C@H]12. The van der Waals surface area contributed by atoms with Crippen LogP contribution in [-0.2, 0) is 4.79 Å². The minimum absolute atomic E-state index is 0.249. The molecule has 4 nitrogen and oxygen atoms in total. The Labute approximate surface area is 118 Å². The molecule has 1 aliphatic heterocycles. The Morgan fingerprint density at radius 2 is 2.14 bits per heavy atom. The average Bonchev–Trinajstić information content (AvgIpc) is 2.85. The van der Waals surface area contributed by atoms with Gasteiger partial charge in [0.05, 0.1) is 12.0 Å². The van der Waals surface area contributed by atoms with E-state index < -0.39 is 18.4 Å². The van der Waals surface area contributed by atoms with Gasteiger partial charge in [0.1, 0.15) is 5.75 Å². The topological polar surface area (TPSA) is 61.4 Å². The minimum atomic E-state index is -4.76. The van der Waals surface area contributed by atoms with Crippen LogP contribution < -0.4 is 15.2 Å². The van der Waals surface area contributed by atoms with Crippen molar-refractivity contribution >= 4 is 11.7 Å². The van der Waals surface area contributed by atoms with E-state index in [9.17, 15) is 23.1 Å². The lowest BCUT2D eigenvalue weighted by Crippen LogP contribution is -2.48. The second-order valence-corrected chi connectivity index (χ2v) is 5.09. The highest BCUT2D eigenvalue weighted by Gasteiger charge is 2.38. The van der Waals surface area contributed by atoms with Crippen LogP contribution in [0.4, 0.5) is 18.9 Å². The Bertz CT molecular complexity index is 612. The van der Waals surface area contributed by atoms with Gasteiger partial charge in [0.25, 0.3) is 0 Å². The number of ether oxygens (including phenoxy) is 1. The first-order valence-electron chi connectivity index (χ1n) is 6.39. The monoisotopic (exact) mass is 298 g/mol. The highest BCUT2D eigenvalue weighted by Crippen LogP contribution is 2.45. The molecule has 0 aromatic heterocycles. The van der Waals surface area contributed by atoms with Gasteiger partial charge >= 0.3 is 6.36 Å². The molecule has 1 heterocycles. The molecule has 21 heavy (non-hydrogen) atoms. The van der Waals surface area contributed by atoms with Gasteiger partial charge in [-0.25, -0.2) is 0 Å². The van der Waals surface area contributed by atoms with Crippen molar-refractivity contribution in [3.05, 3.63) is 35.9 Å². The summed E-state index contributed by atoms with van der Waals surface area (Å²) in [5, 5.41) is 14.0. The van der Waals surface area contributed by atoms with Crippen LogP contribution in [0.25, 0.3) is 0 Å². The zero-order chi connectivity index (χ0) is 15.2. The van der Waals surface area contributed by atoms with Crippen molar-refractivity contribution in [2.45, 2.75) is 24.7 Å². The maximum atomic E-state index is 12.3. The quantitative estimate of drug-likeness (QED) is 0.846. The van der Waals surface area contributed by atoms with E-state index >= 15 is 0 Å². The molecule has 0 fully saturated rings. The molecule has 2 aliphatic rings. The molecule has 0 radical (unpaired) electrons. The molecule has 1 N–H and O–H groups in total. The zero-order valence-corrected chi connectivity index (χ0v) is 10.7. The summed E-state index contributed by atoms with van der Waals surface area (Å²) in [6.45, 7) is 0. The van der Waals surface area contributed by atoms with E-state index in [2.05, 4.69) is 10.1 Å². The van der Waals surface area contributed by atoms with Crippen molar-refractivity contribution in [1.82, 2.24) is 0 Å². The second kappa shape index (κ2) is 4.68. The van der Waals surface area contributed by atoms with Crippen molar-refractivity contribution < 1.29 is 27.8 Å². The summed E-state index contributed by atoms with van der Waals surface area (Å²) in [6, 6.07) is 3.00. The molecule has 0 saturated carbocycles. The molecule has 3 atom stereocenters. The second-order valence-electron chi connectivity index (χ2n) is 5.09. The van der Waals surface area contributed by atoms with Gasteiger partial charge in [-0.3, -0.25) is 0 Å². The molecule has 3 rings (SSSR count). The van der Waals surface area contributed by atoms with Crippen LogP contribution in [0.3, 0.4) is 0 Å². The maximum Gasteiger partial charge on any atom is 0.573 e. The number of anilines is 1. The summed E-state index contributed by atoms with van der Waals surface area (Å²) in [5.74, 6) is -2.03. The predicted octanol–water partition coefficient (Wildman–Crippen LogP) is 1.79. The third-order valence-electron chi connectivity index (χ3n) is 3.82. The van der Waals surface area contributed by atoms with Crippen LogP contribution >= 0.6 is 0 Å². The maximum absolute atomic E-state index is 12.3. The third-order valence-corrected chi connectivity index (χ3v) is 3.82. The molecule has 112 valence electrons. The lowest BCUT2D eigenvalue weighted by molar-refractivity contribution is -0.308. The van der Waals surface area contributed by atoms with Crippen molar-refractivity contribution in [1.29, 1.82) is 0 Å². The molecule has 1 aromatic carbocycles. The number of carbonyl (C=O) groups is 1. The highest BCUT2D eigenvalue weighted by molar-refractivity contribution is 5.79. The van der Waals surface area contributed by atoms with E-state index in [0.717, 1.165) is 6.07 Å². The number of benzene rings is 1. The number of carboxylic acid groups (broad SMARTS) is 1. The number of carbonyl (C=O) groups excluding carboxylic acids is 1. The molecular weight excluding hydrogens is 287 g/mol. The van der Waals surface area contributed by atoms with E-state index in [-0.39, 0.29) is 17.6 Å². The number of aliphatic carboxylic acids is 1. The fourth-order valence-electron chi connectivity index (χ4n) is 3.00. The smallest absolute Gasteiger partial charge is 0.548 e. The van der Waals surface area contributed by atoms with Crippen molar-refractivity contribution in [2.24, 2.45) is 5.92 Å². The standard InChI is InChI=1S/C14H12F3NO3/c15-14(16,17)21-7-4-5-11-10(6-7)8-2-1-3-9(8)12(18-11)13(19)20/h1-2,4-6,8-9,12,18H,3H2,(H,19,20)/p-1/t8-,9+,12+/m1/s1. The summed E-state index contributed by atoms with van der Waals surface area (Å²) in [6.07, 6.45) is -0.564. The number of alkyl halides is 3. The first kappa shape index (κ1) is 13.8. The summed E-state index contributed by atoms with van der Waals surface area (Å²) in [7, 11) is 0. The number of hydrogen-bond donors (Lipinski definition) is 1. The number of halogens is 3. The molecule has 0 saturated heterocycles. The van der Waals surface area contributed by atoms with Gasteiger partial charge in [-0.05, 0) is 36.1 Å². The minimum Gasteiger partial charge on any atom is -0.548 e. The van der Waals surface area contributed by atoms with Gasteiger partial charge in [-0.2, -0.15) is 0 Å². The predicted molar refractivity (Wildman–Crippen MR) is 65.5 cm³/mol. The lowest BCUT2D eigenvalue weighted by Gasteiger charge is -2.37. The molecular formula is C14H11F3NO3-. The van der Waals surface area contributed by atoms with Crippen molar-refractivity contribution in [3.8, 4) is 5.75 Å². The van der Waals surface area contributed by atoms with Crippen LogP contribution in [-0.4, -0.2) is 18.4 Å². The van der Waals surface area contributed by atoms with Gasteiger partial charge in [-0.15, -0.1) is 13.2 Å². The highest BCUT2D eigenvalue weighted by atomic mass is 19.4. The van der Waals surface area contributed by atoms with Gasteiger partial charge in [-0.1, -0.05) is 12.2 Å². The molecule has 1 aromatic rings. The summed E-state index contributed by atoms with van der Waals surface area (Å²) in [4.78, 5) is 11.2. The van der Waals surface area contributed by atoms with Crippen molar-refractivity contribution in [2.75, 3.05) is 5.32 Å². The van der Waals surface area contributed by atoms with Gasteiger partial charge in [0, 0.05) is 11.6 Å². The lowest BCUT2D eigenvalue weighted by atomic mass is 9.79. The Kier molecular flexibility index (Phi) is 3.07. The fraction of sp³-hybridized carbons (Fsp3) is 0.357. The molecule has 0 bridgehead atoms. The van der Waals surface area contributed by atoms with E-state index in [1.165, 1.54) is 12.1 Å². The van der Waals surface area contributed by atoms with Crippen LogP contribution in [0.15, 0.2) is 30.4 Å². The molecule has 0 spiro atoms. The van der Waals surface area contributed by atoms with E-state index in [1.54, 1.807) is 0 Å². The zero-order valence-electron chi connectivity index (χ0n) is 10.7. The van der Waals surface area contributed by atoms with E-state index in [0.29, 0.717) is 17.7 Å². The summed E-state index contributed by atoms with van der Waals surface area (Å²) >= 11 is 0. The Hall–Kier alpha value is -2.18. The normalized spacial score (nSPS) is 26.7. The first-order valence-corrected chi connectivity index (χ1v) is 6.39. The number of nitrogens with one attached hydrogen (secondary N) is 1. The van der Waals surface area contributed by atoms with Gasteiger partial charge in [0.2, 0.25) is 0 Å². The van der Waals surface area contributed by atoms with Crippen LogP contribution in [0.5, 0.6) is 5.75 Å². The van der Waals surface area contributed by atoms with Crippen LogP contribution in [0, 0.1) is 5.92 Å². The van der Waals surface area contributed by atoms with Crippen LogP contribution in [0.1, 0.15) is 17.9 Å². The third kappa shape index (κ3) is 2.55. The number of allylic oxidation sites excluding steroid dienone is 2. The number of carboxylic acids is 1. The largest absolute Gasteiger partial charge is 0.573 e. The Morgan fingerprint density at radius 1 is 1.38 bits per heavy atom. The summed E-state index contributed by atoms with van der Waals surface area (Å²) < 4.78 is 40.7. The van der Waals surface area contributed by atoms with Crippen molar-refractivity contribution in [3.63, 3.8) is 0 Å².